The molecule has 110 valence electrons. The summed E-state index contributed by atoms with van der Waals surface area (Å²) in [4.78, 5) is 26.1. The Balaban J connectivity index is 2.64. The van der Waals surface area contributed by atoms with Crippen LogP contribution in [0.2, 0.25) is 0 Å². The molecule has 0 saturated heterocycles. The molecule has 0 aromatic carbocycles. The van der Waals surface area contributed by atoms with Gasteiger partial charge < -0.3 is 5.32 Å². The average Bonchev–Trinajstić information content (AvgIpc) is 2.38. The number of rotatable bonds is 3. The molecule has 5 nitrogen and oxygen atoms in total. The van der Waals surface area contributed by atoms with Gasteiger partial charge in [0.05, 0.1) is 15.8 Å². The first-order valence-electron chi connectivity index (χ1n) is 5.46. The molecule has 0 aliphatic carbocycles. The van der Waals surface area contributed by atoms with Gasteiger partial charge in [-0.2, -0.15) is 13.2 Å². The van der Waals surface area contributed by atoms with Gasteiger partial charge >= 0.3 is 12.2 Å². The lowest BCUT2D eigenvalue weighted by atomic mass is 10.3. The van der Waals surface area contributed by atoms with E-state index in [9.17, 15) is 22.8 Å². The highest BCUT2D eigenvalue weighted by Crippen LogP contribution is 2.30. The number of amides is 3. The van der Waals surface area contributed by atoms with Gasteiger partial charge in [0.15, 0.2) is 0 Å². The van der Waals surface area contributed by atoms with Crippen LogP contribution < -0.4 is 10.6 Å². The maximum absolute atomic E-state index is 12.3. The van der Waals surface area contributed by atoms with Gasteiger partial charge in [0, 0.05) is 13.2 Å². The molecule has 1 aromatic rings. The predicted molar refractivity (Wildman–Crippen MR) is 67.2 cm³/mol. The maximum Gasteiger partial charge on any atom is 0.417 e. The second-order valence-electron chi connectivity index (χ2n) is 3.71. The van der Waals surface area contributed by atoms with Crippen LogP contribution in [0.15, 0.2) is 23.4 Å². The molecule has 0 fully saturated rings. The number of alkyl halides is 3. The van der Waals surface area contributed by atoms with E-state index in [1.54, 1.807) is 0 Å². The number of thioether (sulfide) groups is 1. The fraction of sp³-hybridized carbons (Fsp3) is 0.364. The molecule has 9 heteroatoms. The summed E-state index contributed by atoms with van der Waals surface area (Å²) in [5, 5.41) is 3.88. The van der Waals surface area contributed by atoms with Crippen LogP contribution in [-0.2, 0) is 11.0 Å². The Kier molecular flexibility index (Phi) is 5.37. The van der Waals surface area contributed by atoms with E-state index in [2.05, 4.69) is 15.6 Å². The van der Waals surface area contributed by atoms with Crippen LogP contribution in [0.1, 0.15) is 12.5 Å². The summed E-state index contributed by atoms with van der Waals surface area (Å²) in [6, 6.07) is 1.42. The minimum absolute atomic E-state index is 0.262. The van der Waals surface area contributed by atoms with Crippen molar-refractivity contribution in [3.8, 4) is 0 Å². The molecule has 0 saturated carbocycles. The summed E-state index contributed by atoms with van der Waals surface area (Å²) in [5.74, 6) is -0.559. The summed E-state index contributed by atoms with van der Waals surface area (Å²) in [5.41, 5.74) is -0.857. The van der Waals surface area contributed by atoms with Crippen molar-refractivity contribution >= 4 is 23.7 Å². The lowest BCUT2D eigenvalue weighted by Gasteiger charge is -2.11. The first-order chi connectivity index (χ1) is 9.24. The van der Waals surface area contributed by atoms with Gasteiger partial charge in [-0.3, -0.25) is 10.1 Å². The fourth-order valence-electron chi connectivity index (χ4n) is 1.13. The van der Waals surface area contributed by atoms with Gasteiger partial charge in [0.2, 0.25) is 5.91 Å². The van der Waals surface area contributed by atoms with E-state index in [0.717, 1.165) is 17.8 Å². The Morgan fingerprint density at radius 3 is 2.45 bits per heavy atom. The van der Waals surface area contributed by atoms with Gasteiger partial charge in [-0.05, 0) is 19.1 Å². The molecule has 0 bridgehead atoms. The van der Waals surface area contributed by atoms with E-state index >= 15 is 0 Å². The van der Waals surface area contributed by atoms with Gasteiger partial charge in [-0.25, -0.2) is 9.78 Å². The number of hydrogen-bond acceptors (Lipinski definition) is 4. The van der Waals surface area contributed by atoms with Gasteiger partial charge in [0.25, 0.3) is 0 Å². The number of hydrogen-bond donors (Lipinski definition) is 2. The van der Waals surface area contributed by atoms with Crippen LogP contribution in [0, 0.1) is 0 Å². The Morgan fingerprint density at radius 1 is 1.35 bits per heavy atom. The summed E-state index contributed by atoms with van der Waals surface area (Å²) >= 11 is 0.953. The molecular formula is C11H12F3N3O2S. The topological polar surface area (TPSA) is 71.1 Å². The Morgan fingerprint density at radius 2 is 2.00 bits per heavy atom. The van der Waals surface area contributed by atoms with Gasteiger partial charge in [0.1, 0.15) is 0 Å². The molecule has 3 amide bonds. The fourth-order valence-corrected chi connectivity index (χ4v) is 1.92. The lowest BCUT2D eigenvalue weighted by Crippen LogP contribution is -2.41. The van der Waals surface area contributed by atoms with Crippen LogP contribution >= 0.6 is 11.8 Å². The number of nitrogens with one attached hydrogen (secondary N) is 2. The van der Waals surface area contributed by atoms with Crippen molar-refractivity contribution in [1.29, 1.82) is 0 Å². The van der Waals surface area contributed by atoms with Crippen molar-refractivity contribution in [2.24, 2.45) is 0 Å². The Hall–Kier alpha value is -1.77. The van der Waals surface area contributed by atoms with Crippen LogP contribution in [-0.4, -0.2) is 29.2 Å². The summed E-state index contributed by atoms with van der Waals surface area (Å²) in [6.45, 7) is 1.52. The molecule has 0 spiro atoms. The number of imide groups is 1. The van der Waals surface area contributed by atoms with Gasteiger partial charge in [-0.1, -0.05) is 11.8 Å². The van der Waals surface area contributed by atoms with Crippen molar-refractivity contribution in [1.82, 2.24) is 15.6 Å². The molecule has 1 heterocycles. The van der Waals surface area contributed by atoms with Gasteiger partial charge in [-0.15, -0.1) is 0 Å². The number of aromatic nitrogens is 1. The average molecular weight is 307 g/mol. The normalized spacial score (nSPS) is 12.7. The molecule has 2 N–H and O–H groups in total. The number of carbonyl (C=O) groups is 2. The molecule has 0 unspecified atom stereocenters. The summed E-state index contributed by atoms with van der Waals surface area (Å²) < 4.78 is 37.0. The first-order valence-corrected chi connectivity index (χ1v) is 6.34. The quantitative estimate of drug-likeness (QED) is 0.838. The molecule has 20 heavy (non-hydrogen) atoms. The van der Waals surface area contributed by atoms with Crippen molar-refractivity contribution in [2.75, 3.05) is 7.05 Å². The predicted octanol–water partition coefficient (Wildman–Crippen LogP) is 2.04. The summed E-state index contributed by atoms with van der Waals surface area (Å²) in [7, 11) is 1.36. The van der Waals surface area contributed by atoms with Crippen molar-refractivity contribution < 1.29 is 22.8 Å². The number of nitrogens with zero attached hydrogens (tertiary/aromatic N) is 1. The number of halogens is 3. The van der Waals surface area contributed by atoms with E-state index < -0.39 is 28.9 Å². The van der Waals surface area contributed by atoms with Crippen molar-refractivity contribution in [2.45, 2.75) is 23.4 Å². The SMILES string of the molecule is CNC(=O)NC(=O)[C@@H](C)Sc1ccc(C(F)(F)F)cn1. The zero-order chi connectivity index (χ0) is 15.3. The third-order valence-corrected chi connectivity index (χ3v) is 3.24. The number of urea groups is 1. The molecule has 0 aliphatic heterocycles. The van der Waals surface area contributed by atoms with E-state index in [1.807, 2.05) is 0 Å². The molecular weight excluding hydrogens is 295 g/mol. The van der Waals surface area contributed by atoms with Crippen LogP contribution in [0.5, 0.6) is 0 Å². The molecule has 1 rings (SSSR count). The second kappa shape index (κ2) is 6.60. The van der Waals surface area contributed by atoms with Crippen LogP contribution in [0.3, 0.4) is 0 Å². The Bertz CT molecular complexity index is 491. The highest BCUT2D eigenvalue weighted by molar-refractivity contribution is 8.00. The zero-order valence-corrected chi connectivity index (χ0v) is 11.4. The maximum atomic E-state index is 12.3. The highest BCUT2D eigenvalue weighted by atomic mass is 32.2. The number of carbonyl (C=O) groups excluding carboxylic acids is 2. The third kappa shape index (κ3) is 4.72. The minimum atomic E-state index is -4.45. The Labute approximate surface area is 117 Å². The van der Waals surface area contributed by atoms with Crippen LogP contribution in [0.25, 0.3) is 0 Å². The third-order valence-electron chi connectivity index (χ3n) is 2.19. The summed E-state index contributed by atoms with van der Waals surface area (Å²) in [6.07, 6.45) is -3.75. The van der Waals surface area contributed by atoms with E-state index in [0.29, 0.717) is 6.20 Å². The van der Waals surface area contributed by atoms with Crippen LogP contribution in [0.4, 0.5) is 18.0 Å². The second-order valence-corrected chi connectivity index (χ2v) is 5.07. The highest BCUT2D eigenvalue weighted by Gasteiger charge is 2.30. The first kappa shape index (κ1) is 16.3. The smallest absolute Gasteiger partial charge is 0.341 e. The molecule has 1 atom stereocenters. The van der Waals surface area contributed by atoms with Crippen molar-refractivity contribution in [3.05, 3.63) is 23.9 Å². The van der Waals surface area contributed by atoms with Crippen molar-refractivity contribution in [3.63, 3.8) is 0 Å². The monoisotopic (exact) mass is 307 g/mol. The molecule has 0 radical (unpaired) electrons. The largest absolute Gasteiger partial charge is 0.417 e. The van der Waals surface area contributed by atoms with E-state index in [-0.39, 0.29) is 5.03 Å². The van der Waals surface area contributed by atoms with E-state index in [4.69, 9.17) is 0 Å². The lowest BCUT2D eigenvalue weighted by molar-refractivity contribution is -0.137. The van der Waals surface area contributed by atoms with E-state index in [1.165, 1.54) is 20.0 Å². The zero-order valence-electron chi connectivity index (χ0n) is 10.6. The number of pyridine rings is 1. The molecule has 0 aliphatic rings. The minimum Gasteiger partial charge on any atom is -0.341 e. The standard InChI is InChI=1S/C11H12F3N3O2S/c1-6(9(18)17-10(19)15-2)20-8-4-3-7(5-16-8)11(12,13)14/h3-6H,1-2H3,(H2,15,17,18,19)/t6-/m1/s1. The molecule has 1 aromatic heterocycles.